The lowest BCUT2D eigenvalue weighted by Gasteiger charge is -2.22. The summed E-state index contributed by atoms with van der Waals surface area (Å²) in [6.45, 7) is 4.67. The molecule has 1 aromatic carbocycles. The third kappa shape index (κ3) is 4.99. The molecule has 3 atom stereocenters. The normalized spacial score (nSPS) is 25.8. The van der Waals surface area contributed by atoms with Crippen molar-refractivity contribution in [3.63, 3.8) is 0 Å². The maximum atomic E-state index is 3.85. The zero-order valence-electron chi connectivity index (χ0n) is 12.6. The minimum atomic E-state index is 0.588. The van der Waals surface area contributed by atoms with Crippen LogP contribution in [-0.2, 0) is 6.42 Å². The molecule has 1 aromatic rings. The molecule has 3 unspecified atom stereocenters. The first-order valence-electron chi connectivity index (χ1n) is 8.08. The van der Waals surface area contributed by atoms with Crippen molar-refractivity contribution in [2.45, 2.75) is 70.9 Å². The van der Waals surface area contributed by atoms with Gasteiger partial charge in [-0.3, -0.25) is 0 Å². The largest absolute Gasteiger partial charge is 0.311 e. The van der Waals surface area contributed by atoms with Gasteiger partial charge in [-0.15, -0.1) is 0 Å². The van der Waals surface area contributed by atoms with Gasteiger partial charge < -0.3 is 5.32 Å². The fourth-order valence-corrected chi connectivity index (χ4v) is 3.38. The van der Waals surface area contributed by atoms with Crippen LogP contribution in [0, 0.1) is 5.92 Å². The van der Waals surface area contributed by atoms with Crippen LogP contribution in [0.3, 0.4) is 0 Å². The van der Waals surface area contributed by atoms with E-state index < -0.39 is 0 Å². The molecule has 0 aromatic heterocycles. The second-order valence-electron chi connectivity index (χ2n) is 6.24. The minimum absolute atomic E-state index is 0.588. The summed E-state index contributed by atoms with van der Waals surface area (Å²) in [6, 6.07) is 12.2. The van der Waals surface area contributed by atoms with E-state index in [-0.39, 0.29) is 0 Å². The van der Waals surface area contributed by atoms with Crippen molar-refractivity contribution in [1.29, 1.82) is 0 Å². The van der Waals surface area contributed by atoms with Crippen LogP contribution in [0.15, 0.2) is 30.3 Å². The molecule has 0 spiro atoms. The fraction of sp³-hybridized carbons (Fsp3) is 0.667. The van der Waals surface area contributed by atoms with E-state index in [1.165, 1.54) is 44.1 Å². The van der Waals surface area contributed by atoms with Gasteiger partial charge in [-0.1, -0.05) is 56.5 Å². The lowest BCUT2D eigenvalue weighted by molar-refractivity contribution is 0.394. The van der Waals surface area contributed by atoms with Crippen molar-refractivity contribution in [2.75, 3.05) is 0 Å². The molecule has 0 heterocycles. The van der Waals surface area contributed by atoms with E-state index in [1.807, 2.05) is 0 Å². The standard InChI is InChI=1S/C18H29N/c1-3-16-10-7-11-18(13-12-16)19-15(2)14-17-8-5-4-6-9-17/h4-6,8-9,15-16,18-19H,3,7,10-14H2,1-2H3. The van der Waals surface area contributed by atoms with Gasteiger partial charge in [-0.25, -0.2) is 0 Å². The Hall–Kier alpha value is -0.820. The van der Waals surface area contributed by atoms with E-state index in [4.69, 9.17) is 0 Å². The Labute approximate surface area is 118 Å². The molecule has 0 saturated heterocycles. The minimum Gasteiger partial charge on any atom is -0.311 e. The molecule has 1 heteroatoms. The highest BCUT2D eigenvalue weighted by molar-refractivity contribution is 5.15. The van der Waals surface area contributed by atoms with Crippen LogP contribution in [0.1, 0.15) is 57.9 Å². The first kappa shape index (κ1) is 14.6. The van der Waals surface area contributed by atoms with Gasteiger partial charge in [0.1, 0.15) is 0 Å². The molecule has 0 amide bonds. The van der Waals surface area contributed by atoms with Crippen LogP contribution < -0.4 is 5.32 Å². The molecule has 1 saturated carbocycles. The molecular weight excluding hydrogens is 230 g/mol. The van der Waals surface area contributed by atoms with Gasteiger partial charge in [-0.2, -0.15) is 0 Å². The summed E-state index contributed by atoms with van der Waals surface area (Å²) < 4.78 is 0. The lowest BCUT2D eigenvalue weighted by Crippen LogP contribution is -2.37. The van der Waals surface area contributed by atoms with Gasteiger partial charge in [0.25, 0.3) is 0 Å². The highest BCUT2D eigenvalue weighted by atomic mass is 14.9. The van der Waals surface area contributed by atoms with E-state index >= 15 is 0 Å². The van der Waals surface area contributed by atoms with Crippen LogP contribution in [0.25, 0.3) is 0 Å². The molecule has 1 aliphatic rings. The summed E-state index contributed by atoms with van der Waals surface area (Å²) in [5, 5.41) is 3.85. The SMILES string of the molecule is CCC1CCCC(NC(C)Cc2ccccc2)CC1. The van der Waals surface area contributed by atoms with Gasteiger partial charge in [0, 0.05) is 12.1 Å². The smallest absolute Gasteiger partial charge is 0.00817 e. The Bertz CT molecular complexity index is 346. The van der Waals surface area contributed by atoms with Gasteiger partial charge in [0.15, 0.2) is 0 Å². The summed E-state index contributed by atoms with van der Waals surface area (Å²) in [5.74, 6) is 0.983. The first-order chi connectivity index (χ1) is 9.28. The second kappa shape index (κ2) is 7.69. The summed E-state index contributed by atoms with van der Waals surface area (Å²) in [6.07, 6.45) is 9.54. The molecule has 0 radical (unpaired) electrons. The third-order valence-electron chi connectivity index (χ3n) is 4.57. The fourth-order valence-electron chi connectivity index (χ4n) is 3.38. The predicted molar refractivity (Wildman–Crippen MR) is 83.4 cm³/mol. The van der Waals surface area contributed by atoms with Crippen molar-refractivity contribution in [3.05, 3.63) is 35.9 Å². The van der Waals surface area contributed by atoms with Crippen molar-refractivity contribution >= 4 is 0 Å². The molecule has 1 N–H and O–H groups in total. The van der Waals surface area contributed by atoms with Crippen LogP contribution in [0.4, 0.5) is 0 Å². The highest BCUT2D eigenvalue weighted by Crippen LogP contribution is 2.25. The van der Waals surface area contributed by atoms with Crippen LogP contribution in [0.5, 0.6) is 0 Å². The van der Waals surface area contributed by atoms with Crippen molar-refractivity contribution < 1.29 is 0 Å². The average molecular weight is 259 g/mol. The summed E-state index contributed by atoms with van der Waals surface area (Å²) >= 11 is 0. The highest BCUT2D eigenvalue weighted by Gasteiger charge is 2.18. The van der Waals surface area contributed by atoms with Gasteiger partial charge in [-0.05, 0) is 44.1 Å². The first-order valence-corrected chi connectivity index (χ1v) is 8.08. The second-order valence-corrected chi connectivity index (χ2v) is 6.24. The quantitative estimate of drug-likeness (QED) is 0.764. The summed E-state index contributed by atoms with van der Waals surface area (Å²) in [4.78, 5) is 0. The maximum absolute atomic E-state index is 3.85. The van der Waals surface area contributed by atoms with Gasteiger partial charge >= 0.3 is 0 Å². The van der Waals surface area contributed by atoms with E-state index in [1.54, 1.807) is 0 Å². The molecular formula is C18H29N. The molecule has 0 aliphatic heterocycles. The van der Waals surface area contributed by atoms with E-state index in [0.717, 1.165) is 18.4 Å². The predicted octanol–water partition coefficient (Wildman–Crippen LogP) is 4.57. The number of hydrogen-bond donors (Lipinski definition) is 1. The van der Waals surface area contributed by atoms with Crippen molar-refractivity contribution in [2.24, 2.45) is 5.92 Å². The average Bonchev–Trinajstić information content (AvgIpc) is 2.65. The van der Waals surface area contributed by atoms with Crippen LogP contribution >= 0.6 is 0 Å². The monoisotopic (exact) mass is 259 g/mol. The zero-order valence-corrected chi connectivity index (χ0v) is 12.6. The van der Waals surface area contributed by atoms with E-state index in [2.05, 4.69) is 49.5 Å². The number of rotatable bonds is 5. The summed E-state index contributed by atoms with van der Waals surface area (Å²) in [7, 11) is 0. The molecule has 1 nitrogen and oxygen atoms in total. The van der Waals surface area contributed by atoms with E-state index in [9.17, 15) is 0 Å². The molecule has 2 rings (SSSR count). The molecule has 19 heavy (non-hydrogen) atoms. The van der Waals surface area contributed by atoms with E-state index in [0.29, 0.717) is 6.04 Å². The maximum Gasteiger partial charge on any atom is 0.00817 e. The van der Waals surface area contributed by atoms with Crippen molar-refractivity contribution in [1.82, 2.24) is 5.32 Å². The molecule has 1 fully saturated rings. The Morgan fingerprint density at radius 1 is 1.11 bits per heavy atom. The zero-order chi connectivity index (χ0) is 13.5. The number of nitrogens with one attached hydrogen (secondary N) is 1. The Morgan fingerprint density at radius 2 is 1.89 bits per heavy atom. The Balaban J connectivity index is 1.77. The molecule has 106 valence electrons. The van der Waals surface area contributed by atoms with Crippen LogP contribution in [-0.4, -0.2) is 12.1 Å². The van der Waals surface area contributed by atoms with Crippen LogP contribution in [0.2, 0.25) is 0 Å². The topological polar surface area (TPSA) is 12.0 Å². The van der Waals surface area contributed by atoms with Gasteiger partial charge in [0.05, 0.1) is 0 Å². The number of benzene rings is 1. The van der Waals surface area contributed by atoms with Crippen molar-refractivity contribution in [3.8, 4) is 0 Å². The Kier molecular flexibility index (Phi) is 5.91. The molecule has 0 bridgehead atoms. The summed E-state index contributed by atoms with van der Waals surface area (Å²) in [5.41, 5.74) is 1.45. The number of hydrogen-bond acceptors (Lipinski definition) is 1. The third-order valence-corrected chi connectivity index (χ3v) is 4.57. The van der Waals surface area contributed by atoms with Gasteiger partial charge in [0.2, 0.25) is 0 Å². The Morgan fingerprint density at radius 3 is 2.63 bits per heavy atom. The lowest BCUT2D eigenvalue weighted by atomic mass is 9.97. The molecule has 1 aliphatic carbocycles.